The number of fused-ring (bicyclic) bond motifs is 2. The topological polar surface area (TPSA) is 38.8 Å². The summed E-state index contributed by atoms with van der Waals surface area (Å²) in [5, 5.41) is 0. The predicted octanol–water partition coefficient (Wildman–Crippen LogP) is 5.59. The van der Waals surface area contributed by atoms with Crippen LogP contribution in [0.4, 0.5) is 0 Å². The molecule has 1 saturated carbocycles. The van der Waals surface area contributed by atoms with Crippen molar-refractivity contribution in [3.63, 3.8) is 0 Å². The molecule has 1 aliphatic carbocycles. The number of ether oxygens (including phenoxy) is 2. The van der Waals surface area contributed by atoms with Crippen molar-refractivity contribution < 1.29 is 14.3 Å². The fourth-order valence-corrected chi connectivity index (χ4v) is 5.33. The van der Waals surface area contributed by atoms with Crippen molar-refractivity contribution in [1.29, 1.82) is 0 Å². The summed E-state index contributed by atoms with van der Waals surface area (Å²) in [6.07, 6.45) is 3.39. The van der Waals surface area contributed by atoms with Gasteiger partial charge in [0.25, 0.3) is 5.91 Å². The van der Waals surface area contributed by atoms with E-state index in [1.807, 2.05) is 55.5 Å². The highest BCUT2D eigenvalue weighted by Crippen LogP contribution is 2.52. The number of rotatable bonds is 5. The van der Waals surface area contributed by atoms with Gasteiger partial charge in [0, 0.05) is 12.6 Å². The first-order valence-electron chi connectivity index (χ1n) is 10.5. The summed E-state index contributed by atoms with van der Waals surface area (Å²) in [5.74, 6) is 2.33. The second-order valence-corrected chi connectivity index (χ2v) is 9.91. The first kappa shape index (κ1) is 19.8. The van der Waals surface area contributed by atoms with E-state index in [4.69, 9.17) is 9.47 Å². The number of likely N-dealkylation sites (tertiary alicyclic amines) is 1. The first-order chi connectivity index (χ1) is 13.7. The molecule has 4 rings (SSSR count). The molecule has 2 aliphatic rings. The molecular formula is C25H31NO3. The lowest BCUT2D eigenvalue weighted by molar-refractivity contribution is -0.134. The second kappa shape index (κ2) is 7.40. The Labute approximate surface area is 173 Å². The number of aryl methyl sites for hydroxylation is 1. The summed E-state index contributed by atoms with van der Waals surface area (Å²) in [6.45, 7) is 9.96. The quantitative estimate of drug-likeness (QED) is 0.664. The molecule has 4 heteroatoms. The zero-order chi connectivity index (χ0) is 20.6. The normalized spacial score (nSPS) is 25.0. The molecule has 1 aliphatic heterocycles. The first-order valence-corrected chi connectivity index (χ1v) is 10.5. The Morgan fingerprint density at radius 1 is 0.966 bits per heavy atom. The zero-order valence-corrected chi connectivity index (χ0v) is 17.9. The molecule has 0 unspecified atom stereocenters. The van der Waals surface area contributed by atoms with Crippen molar-refractivity contribution in [2.45, 2.75) is 53.0 Å². The lowest BCUT2D eigenvalue weighted by atomic mass is 9.65. The Balaban J connectivity index is 1.32. The van der Waals surface area contributed by atoms with Crippen LogP contribution in [0.5, 0.6) is 17.2 Å². The molecule has 1 saturated heterocycles. The molecule has 2 fully saturated rings. The summed E-state index contributed by atoms with van der Waals surface area (Å²) in [6, 6.07) is 15.7. The minimum atomic E-state index is 0.0885. The molecule has 0 N–H and O–H groups in total. The van der Waals surface area contributed by atoms with Crippen molar-refractivity contribution in [1.82, 2.24) is 4.90 Å². The van der Waals surface area contributed by atoms with Crippen LogP contribution in [0, 0.1) is 17.8 Å². The zero-order valence-electron chi connectivity index (χ0n) is 17.9. The third-order valence-electron chi connectivity index (χ3n) is 6.18. The fraction of sp³-hybridized carbons (Fsp3) is 0.480. The van der Waals surface area contributed by atoms with Crippen LogP contribution < -0.4 is 9.47 Å². The van der Waals surface area contributed by atoms with Crippen LogP contribution in [0.15, 0.2) is 48.5 Å². The largest absolute Gasteiger partial charge is 0.484 e. The van der Waals surface area contributed by atoms with Gasteiger partial charge >= 0.3 is 0 Å². The van der Waals surface area contributed by atoms with Gasteiger partial charge in [0.05, 0.1) is 0 Å². The Morgan fingerprint density at radius 3 is 2.21 bits per heavy atom. The highest BCUT2D eigenvalue weighted by molar-refractivity contribution is 5.78. The van der Waals surface area contributed by atoms with E-state index in [-0.39, 0.29) is 17.9 Å². The predicted molar refractivity (Wildman–Crippen MR) is 114 cm³/mol. The average molecular weight is 394 g/mol. The van der Waals surface area contributed by atoms with Crippen LogP contribution in [-0.4, -0.2) is 30.0 Å². The van der Waals surface area contributed by atoms with Gasteiger partial charge in [-0.1, -0.05) is 38.5 Å². The van der Waals surface area contributed by atoms with Gasteiger partial charge in [-0.3, -0.25) is 4.79 Å². The van der Waals surface area contributed by atoms with Crippen LogP contribution in [0.2, 0.25) is 0 Å². The van der Waals surface area contributed by atoms with E-state index in [0.717, 1.165) is 30.9 Å². The lowest BCUT2D eigenvalue weighted by Crippen LogP contribution is -2.40. The smallest absolute Gasteiger partial charge is 0.260 e. The van der Waals surface area contributed by atoms with E-state index >= 15 is 0 Å². The van der Waals surface area contributed by atoms with Crippen LogP contribution in [0.1, 0.15) is 45.6 Å². The molecule has 1 amide bonds. The number of carbonyl (C=O) groups is 1. The highest BCUT2D eigenvalue weighted by atomic mass is 16.5. The molecule has 1 heterocycles. The van der Waals surface area contributed by atoms with Gasteiger partial charge in [-0.15, -0.1) is 0 Å². The molecule has 0 spiro atoms. The highest BCUT2D eigenvalue weighted by Gasteiger charge is 2.50. The Morgan fingerprint density at radius 2 is 1.55 bits per heavy atom. The van der Waals surface area contributed by atoms with Crippen LogP contribution in [0.25, 0.3) is 0 Å². The molecule has 0 aromatic heterocycles. The summed E-state index contributed by atoms with van der Waals surface area (Å²) in [4.78, 5) is 14.9. The van der Waals surface area contributed by atoms with Crippen molar-refractivity contribution in [3.8, 4) is 17.2 Å². The maximum atomic E-state index is 12.8. The monoisotopic (exact) mass is 393 g/mol. The molecule has 154 valence electrons. The third-order valence-corrected chi connectivity index (χ3v) is 6.18. The number of amides is 1. The summed E-state index contributed by atoms with van der Waals surface area (Å²) >= 11 is 0. The number of carbonyl (C=O) groups excluding carboxylic acids is 1. The molecule has 2 bridgehead atoms. The van der Waals surface area contributed by atoms with E-state index in [1.54, 1.807) is 0 Å². The van der Waals surface area contributed by atoms with E-state index in [2.05, 4.69) is 25.7 Å². The van der Waals surface area contributed by atoms with Crippen molar-refractivity contribution >= 4 is 5.91 Å². The molecule has 29 heavy (non-hydrogen) atoms. The minimum Gasteiger partial charge on any atom is -0.484 e. The van der Waals surface area contributed by atoms with Crippen LogP contribution in [0.3, 0.4) is 0 Å². The van der Waals surface area contributed by atoms with Crippen LogP contribution >= 0.6 is 0 Å². The van der Waals surface area contributed by atoms with Gasteiger partial charge < -0.3 is 14.4 Å². The average Bonchev–Trinajstić information content (AvgIpc) is 2.91. The molecule has 2 aromatic carbocycles. The number of hydrogen-bond acceptors (Lipinski definition) is 3. The van der Waals surface area contributed by atoms with Crippen molar-refractivity contribution in [2.75, 3.05) is 13.2 Å². The Kier molecular flexibility index (Phi) is 5.05. The summed E-state index contributed by atoms with van der Waals surface area (Å²) < 4.78 is 11.6. The molecule has 4 nitrogen and oxygen atoms in total. The fourth-order valence-electron chi connectivity index (χ4n) is 5.33. The van der Waals surface area contributed by atoms with E-state index in [9.17, 15) is 4.79 Å². The molecule has 2 aromatic rings. The standard InChI is InChI=1S/C25H31NO3/c1-18-5-7-21(8-6-18)29-22-11-9-20(10-12-22)28-15-23(27)26-17-25(4)14-19(26)13-24(2,3)16-25/h5-12,19H,13-17H2,1-4H3/t19-,25-/m0/s1. The molecule has 0 radical (unpaired) electrons. The molecular weight excluding hydrogens is 362 g/mol. The van der Waals surface area contributed by atoms with Gasteiger partial charge in [0.15, 0.2) is 6.61 Å². The van der Waals surface area contributed by atoms with Gasteiger partial charge in [-0.05, 0) is 73.4 Å². The Bertz CT molecular complexity index is 872. The third kappa shape index (κ3) is 4.58. The van der Waals surface area contributed by atoms with Crippen LogP contribution in [-0.2, 0) is 4.79 Å². The maximum absolute atomic E-state index is 12.8. The number of nitrogens with zero attached hydrogens (tertiary/aromatic N) is 1. The lowest BCUT2D eigenvalue weighted by Gasteiger charge is -2.39. The van der Waals surface area contributed by atoms with Crippen molar-refractivity contribution in [3.05, 3.63) is 54.1 Å². The second-order valence-electron chi connectivity index (χ2n) is 9.91. The Hall–Kier alpha value is -2.49. The SMILES string of the molecule is Cc1ccc(Oc2ccc(OCC(=O)N3C[C@@]4(C)C[C@@H]3CC(C)(C)C4)cc2)cc1. The van der Waals surface area contributed by atoms with E-state index in [1.165, 1.54) is 12.0 Å². The summed E-state index contributed by atoms with van der Waals surface area (Å²) in [7, 11) is 0. The van der Waals surface area contributed by atoms with Crippen molar-refractivity contribution in [2.24, 2.45) is 10.8 Å². The van der Waals surface area contributed by atoms with Gasteiger partial charge in [-0.25, -0.2) is 0 Å². The summed E-state index contributed by atoms with van der Waals surface area (Å²) in [5.41, 5.74) is 1.75. The number of hydrogen-bond donors (Lipinski definition) is 0. The van der Waals surface area contributed by atoms with Gasteiger partial charge in [0.1, 0.15) is 17.2 Å². The molecule has 2 atom stereocenters. The van der Waals surface area contributed by atoms with E-state index < -0.39 is 0 Å². The minimum absolute atomic E-state index is 0.0885. The van der Waals surface area contributed by atoms with Gasteiger partial charge in [-0.2, -0.15) is 0 Å². The number of benzene rings is 2. The van der Waals surface area contributed by atoms with Gasteiger partial charge in [0.2, 0.25) is 0 Å². The van der Waals surface area contributed by atoms with E-state index in [0.29, 0.717) is 17.2 Å². The maximum Gasteiger partial charge on any atom is 0.260 e.